The summed E-state index contributed by atoms with van der Waals surface area (Å²) in [5.41, 5.74) is 7.02. The van der Waals surface area contributed by atoms with Crippen molar-refractivity contribution in [2.45, 2.75) is 18.6 Å². The predicted octanol–water partition coefficient (Wildman–Crippen LogP) is 0.416. The van der Waals surface area contributed by atoms with E-state index in [0.717, 1.165) is 5.69 Å². The standard InChI is InChI=1S/C21H24N8O4/c1-23-9-18(31)29-5-4-13(10-29)26-20-15(19(22)32)8-25-21(28-20)27-12-2-3-17-16(6-12)24-7-14(30)11-33-17/h2-3,6,8,13-14,24,30H,4-5,7,9-11H2,(H2,22,32)(H2,25,26,27,28)/t13?,14-/m0/s1. The third-order valence-electron chi connectivity index (χ3n) is 5.35. The first-order valence-electron chi connectivity index (χ1n) is 10.4. The Morgan fingerprint density at radius 2 is 2.27 bits per heavy atom. The minimum absolute atomic E-state index is 0.137. The zero-order valence-corrected chi connectivity index (χ0v) is 17.7. The molecule has 1 fully saturated rings. The van der Waals surface area contributed by atoms with Crippen LogP contribution in [0.15, 0.2) is 24.4 Å². The third-order valence-corrected chi connectivity index (χ3v) is 5.35. The highest BCUT2D eigenvalue weighted by Crippen LogP contribution is 2.31. The van der Waals surface area contributed by atoms with Gasteiger partial charge in [0.05, 0.1) is 11.3 Å². The number of aliphatic hydroxyl groups excluding tert-OH is 1. The lowest BCUT2D eigenvalue weighted by atomic mass is 10.2. The van der Waals surface area contributed by atoms with E-state index in [2.05, 4.69) is 30.8 Å². The second kappa shape index (κ2) is 9.58. The summed E-state index contributed by atoms with van der Waals surface area (Å²) in [4.78, 5) is 37.2. The summed E-state index contributed by atoms with van der Waals surface area (Å²) in [6.45, 7) is 8.17. The Kier molecular flexibility index (Phi) is 6.41. The maximum Gasteiger partial charge on any atom is 0.302 e. The summed E-state index contributed by atoms with van der Waals surface area (Å²) in [7, 11) is 0. The van der Waals surface area contributed by atoms with Crippen molar-refractivity contribution in [3.63, 3.8) is 0 Å². The molecule has 2 aromatic rings. The number of primary amides is 1. The number of ether oxygens (including phenoxy) is 1. The third kappa shape index (κ3) is 5.21. The van der Waals surface area contributed by atoms with Crippen LogP contribution in [0.5, 0.6) is 5.75 Å². The van der Waals surface area contributed by atoms with Gasteiger partial charge in [-0.25, -0.2) is 11.6 Å². The summed E-state index contributed by atoms with van der Waals surface area (Å²) in [6.07, 6.45) is 1.39. The first-order chi connectivity index (χ1) is 15.9. The van der Waals surface area contributed by atoms with E-state index in [9.17, 15) is 14.7 Å². The van der Waals surface area contributed by atoms with Gasteiger partial charge in [0.2, 0.25) is 5.95 Å². The molecule has 2 amide bonds. The zero-order valence-electron chi connectivity index (χ0n) is 17.7. The number of likely N-dealkylation sites (tertiary alicyclic amines) is 1. The number of hydrogen-bond donors (Lipinski definition) is 5. The molecule has 0 bridgehead atoms. The number of fused-ring (bicyclic) bond motifs is 1. The highest BCUT2D eigenvalue weighted by Gasteiger charge is 2.28. The second-order valence-electron chi connectivity index (χ2n) is 7.79. The molecule has 1 unspecified atom stereocenters. The number of benzene rings is 1. The molecule has 2 atom stereocenters. The summed E-state index contributed by atoms with van der Waals surface area (Å²) in [5.74, 6) is 0.249. The maximum atomic E-state index is 12.0. The van der Waals surface area contributed by atoms with Crippen LogP contribution in [-0.4, -0.2) is 76.7 Å². The lowest BCUT2D eigenvalue weighted by Gasteiger charge is -2.17. The Labute approximate surface area is 190 Å². The minimum Gasteiger partial charge on any atom is -0.489 e. The molecule has 3 heterocycles. The van der Waals surface area contributed by atoms with Crippen LogP contribution in [0, 0.1) is 6.57 Å². The van der Waals surface area contributed by atoms with Crippen molar-refractivity contribution >= 4 is 35.0 Å². The molecule has 0 aliphatic carbocycles. The number of aromatic nitrogens is 2. The largest absolute Gasteiger partial charge is 0.489 e. The van der Waals surface area contributed by atoms with Crippen LogP contribution in [-0.2, 0) is 4.79 Å². The highest BCUT2D eigenvalue weighted by molar-refractivity contribution is 5.97. The van der Waals surface area contributed by atoms with Crippen molar-refractivity contribution in [2.75, 3.05) is 48.7 Å². The zero-order chi connectivity index (χ0) is 23.4. The smallest absolute Gasteiger partial charge is 0.302 e. The molecule has 1 aromatic carbocycles. The number of carbonyl (C=O) groups excluding carboxylic acids is 2. The number of nitrogens with zero attached hydrogens (tertiary/aromatic N) is 4. The van der Waals surface area contributed by atoms with Crippen LogP contribution in [0.4, 0.5) is 23.1 Å². The van der Waals surface area contributed by atoms with Crippen molar-refractivity contribution < 1.29 is 19.4 Å². The monoisotopic (exact) mass is 452 g/mol. The van der Waals surface area contributed by atoms with Gasteiger partial charge in [-0.3, -0.25) is 9.59 Å². The molecule has 12 heteroatoms. The number of anilines is 4. The maximum absolute atomic E-state index is 12.0. The van der Waals surface area contributed by atoms with Crippen molar-refractivity contribution in [1.82, 2.24) is 14.9 Å². The summed E-state index contributed by atoms with van der Waals surface area (Å²) < 4.78 is 5.57. The number of nitrogens with one attached hydrogen (secondary N) is 3. The van der Waals surface area contributed by atoms with Crippen LogP contribution in [0.3, 0.4) is 0 Å². The van der Waals surface area contributed by atoms with Crippen LogP contribution in [0.25, 0.3) is 4.85 Å². The fourth-order valence-corrected chi connectivity index (χ4v) is 3.67. The molecule has 4 rings (SSSR count). The highest BCUT2D eigenvalue weighted by atomic mass is 16.5. The number of aliphatic hydroxyl groups is 1. The Bertz CT molecular complexity index is 1100. The van der Waals surface area contributed by atoms with E-state index in [1.807, 2.05) is 6.07 Å². The van der Waals surface area contributed by atoms with Crippen LogP contribution in [0.1, 0.15) is 16.8 Å². The van der Waals surface area contributed by atoms with Gasteiger partial charge in [-0.1, -0.05) is 0 Å². The van der Waals surface area contributed by atoms with Gasteiger partial charge in [0.1, 0.15) is 24.3 Å². The van der Waals surface area contributed by atoms with Crippen molar-refractivity contribution in [3.05, 3.63) is 41.4 Å². The van der Waals surface area contributed by atoms with Gasteiger partial charge in [-0.15, -0.1) is 0 Å². The van der Waals surface area contributed by atoms with Gasteiger partial charge in [0.25, 0.3) is 12.5 Å². The van der Waals surface area contributed by atoms with Gasteiger partial charge in [0.15, 0.2) is 0 Å². The Balaban J connectivity index is 1.50. The number of rotatable bonds is 6. The number of hydrogen-bond acceptors (Lipinski definition) is 9. The molecule has 172 valence electrons. The molecule has 0 radical (unpaired) electrons. The van der Waals surface area contributed by atoms with E-state index >= 15 is 0 Å². The van der Waals surface area contributed by atoms with Crippen LogP contribution >= 0.6 is 0 Å². The SMILES string of the molecule is [C-]#[N+]CC(=O)N1CCC(Nc2nc(Nc3ccc4c(c3)NC[C@H](O)CO4)ncc2C(N)=O)C1. The molecule has 1 saturated heterocycles. The Morgan fingerprint density at radius 3 is 3.06 bits per heavy atom. The molecular formula is C21H24N8O4. The predicted molar refractivity (Wildman–Crippen MR) is 120 cm³/mol. The Morgan fingerprint density at radius 1 is 1.42 bits per heavy atom. The summed E-state index contributed by atoms with van der Waals surface area (Å²) in [6, 6.07) is 5.23. The average Bonchev–Trinajstić information content (AvgIpc) is 3.17. The molecule has 0 saturated carbocycles. The van der Waals surface area contributed by atoms with Gasteiger partial charge in [0, 0.05) is 37.6 Å². The van der Waals surface area contributed by atoms with E-state index in [1.165, 1.54) is 6.20 Å². The summed E-state index contributed by atoms with van der Waals surface area (Å²) >= 11 is 0. The first kappa shape index (κ1) is 22.1. The van der Waals surface area contributed by atoms with E-state index in [0.29, 0.717) is 37.5 Å². The van der Waals surface area contributed by atoms with Gasteiger partial charge in [-0.2, -0.15) is 4.98 Å². The van der Waals surface area contributed by atoms with Crippen LogP contribution < -0.4 is 26.4 Å². The first-order valence-corrected chi connectivity index (χ1v) is 10.4. The normalized spacial score (nSPS) is 19.3. The van der Waals surface area contributed by atoms with Crippen LogP contribution in [0.2, 0.25) is 0 Å². The molecule has 6 N–H and O–H groups in total. The average molecular weight is 452 g/mol. The van der Waals surface area contributed by atoms with Gasteiger partial charge < -0.3 is 41.3 Å². The molecule has 12 nitrogen and oxygen atoms in total. The second-order valence-corrected chi connectivity index (χ2v) is 7.79. The van der Waals surface area contributed by atoms with Gasteiger partial charge in [-0.05, 0) is 24.6 Å². The van der Waals surface area contributed by atoms with Crippen molar-refractivity contribution in [1.29, 1.82) is 0 Å². The molecule has 2 aliphatic rings. The van der Waals surface area contributed by atoms with E-state index in [1.54, 1.807) is 17.0 Å². The minimum atomic E-state index is -0.673. The molecule has 0 spiro atoms. The fraction of sp³-hybridized carbons (Fsp3) is 0.381. The van der Waals surface area contributed by atoms with E-state index in [4.69, 9.17) is 17.0 Å². The van der Waals surface area contributed by atoms with E-state index in [-0.39, 0.29) is 42.4 Å². The fourth-order valence-electron chi connectivity index (χ4n) is 3.67. The molecule has 33 heavy (non-hydrogen) atoms. The summed E-state index contributed by atoms with van der Waals surface area (Å²) in [5, 5.41) is 19.2. The quantitative estimate of drug-likeness (QED) is 0.391. The number of nitrogens with two attached hydrogens (primary N) is 1. The lowest BCUT2D eigenvalue weighted by Crippen LogP contribution is -2.33. The lowest BCUT2D eigenvalue weighted by molar-refractivity contribution is -0.128. The topological polar surface area (TPSA) is 159 Å². The molecular weight excluding hydrogens is 428 g/mol. The van der Waals surface area contributed by atoms with Crippen molar-refractivity contribution in [3.8, 4) is 5.75 Å². The van der Waals surface area contributed by atoms with Gasteiger partial charge >= 0.3 is 5.91 Å². The van der Waals surface area contributed by atoms with Crippen molar-refractivity contribution in [2.24, 2.45) is 5.73 Å². The molecule has 2 aliphatic heterocycles. The number of carbonyl (C=O) groups is 2. The van der Waals surface area contributed by atoms with E-state index < -0.39 is 12.0 Å². The number of amides is 2. The number of β-amino-alcohol motifs (C(OH)–C–C–N with tert-alkyl or cyclic N) is 1. The molecule has 1 aromatic heterocycles. The Hall–Kier alpha value is -4.11.